The molecule has 2 atom stereocenters. The van der Waals surface area contributed by atoms with Gasteiger partial charge in [0.1, 0.15) is 24.8 Å². The van der Waals surface area contributed by atoms with Gasteiger partial charge < -0.3 is 19.1 Å². The first-order valence-electron chi connectivity index (χ1n) is 5.48. The van der Waals surface area contributed by atoms with E-state index in [9.17, 15) is 9.90 Å². The lowest BCUT2D eigenvalue weighted by molar-refractivity contribution is -0.909. The number of esters is 1. The molecule has 1 fully saturated rings. The molecule has 1 aliphatic rings. The van der Waals surface area contributed by atoms with Gasteiger partial charge in [-0.05, 0) is 6.92 Å². The van der Waals surface area contributed by atoms with Gasteiger partial charge in [0.05, 0.1) is 34.2 Å². The molecule has 16 heavy (non-hydrogen) atoms. The van der Waals surface area contributed by atoms with Crippen LogP contribution in [-0.4, -0.2) is 68.2 Å². The highest BCUT2D eigenvalue weighted by Crippen LogP contribution is 2.25. The Morgan fingerprint density at radius 3 is 2.75 bits per heavy atom. The highest BCUT2D eigenvalue weighted by Gasteiger charge is 2.43. The van der Waals surface area contributed by atoms with E-state index in [4.69, 9.17) is 4.74 Å². The lowest BCUT2D eigenvalue weighted by atomic mass is 10.0. The third-order valence-electron chi connectivity index (χ3n) is 2.87. The Bertz CT molecular complexity index is 267. The highest BCUT2D eigenvalue weighted by atomic mass is 16.5. The van der Waals surface area contributed by atoms with Crippen molar-refractivity contribution in [3.63, 3.8) is 0 Å². The molecule has 1 rings (SSSR count). The zero-order valence-corrected chi connectivity index (χ0v) is 10.5. The molecule has 0 saturated carbocycles. The predicted molar refractivity (Wildman–Crippen MR) is 58.8 cm³/mol. The Labute approximate surface area is 96.5 Å². The van der Waals surface area contributed by atoms with Gasteiger partial charge in [0.25, 0.3) is 0 Å². The van der Waals surface area contributed by atoms with E-state index in [1.54, 1.807) is 0 Å². The zero-order chi connectivity index (χ0) is 12.4. The van der Waals surface area contributed by atoms with Crippen molar-refractivity contribution in [2.45, 2.75) is 25.0 Å². The number of carbonyl (C=O) groups is 1. The number of methoxy groups -OCH3 is 1. The van der Waals surface area contributed by atoms with Crippen molar-refractivity contribution >= 4 is 5.97 Å². The minimum atomic E-state index is -0.569. The molecule has 5 nitrogen and oxygen atoms in total. The molecule has 0 aromatic carbocycles. The van der Waals surface area contributed by atoms with Crippen molar-refractivity contribution in [3.8, 4) is 0 Å². The van der Waals surface area contributed by atoms with Gasteiger partial charge in [0.2, 0.25) is 0 Å². The predicted octanol–water partition coefficient (Wildman–Crippen LogP) is -0.224. The average Bonchev–Trinajstić information content (AvgIpc) is 2.14. The van der Waals surface area contributed by atoms with Gasteiger partial charge in [-0.1, -0.05) is 0 Å². The monoisotopic (exact) mass is 232 g/mol. The van der Waals surface area contributed by atoms with Crippen LogP contribution in [0.4, 0.5) is 0 Å². The fourth-order valence-corrected chi connectivity index (χ4v) is 2.46. The second kappa shape index (κ2) is 4.69. The number of aliphatic hydroxyl groups excluding tert-OH is 1. The van der Waals surface area contributed by atoms with E-state index in [0.29, 0.717) is 0 Å². The molecule has 0 unspecified atom stereocenters. The van der Waals surface area contributed by atoms with Crippen LogP contribution in [0.5, 0.6) is 0 Å². The summed E-state index contributed by atoms with van der Waals surface area (Å²) in [7, 11) is 5.51. The topological polar surface area (TPSA) is 55.8 Å². The van der Waals surface area contributed by atoms with E-state index in [-0.39, 0.29) is 25.1 Å². The van der Waals surface area contributed by atoms with E-state index < -0.39 is 5.60 Å². The number of carbonyl (C=O) groups excluding carboxylic acids is 1. The maximum Gasteiger partial charge on any atom is 0.308 e. The summed E-state index contributed by atoms with van der Waals surface area (Å²) >= 11 is 0. The molecular weight excluding hydrogens is 210 g/mol. The molecule has 0 amide bonds. The molecule has 94 valence electrons. The Morgan fingerprint density at radius 1 is 1.62 bits per heavy atom. The maximum absolute atomic E-state index is 11.2. The zero-order valence-electron chi connectivity index (χ0n) is 10.5. The summed E-state index contributed by atoms with van der Waals surface area (Å²) < 4.78 is 11.1. The van der Waals surface area contributed by atoms with Crippen molar-refractivity contribution in [1.29, 1.82) is 0 Å². The molecule has 0 aromatic heterocycles. The van der Waals surface area contributed by atoms with E-state index in [1.807, 2.05) is 6.92 Å². The minimum absolute atomic E-state index is 0.0354. The number of morpholine rings is 1. The molecule has 0 spiro atoms. The first-order valence-corrected chi connectivity index (χ1v) is 5.48. The molecular formula is C11H22NO4+. The van der Waals surface area contributed by atoms with Gasteiger partial charge in [0, 0.05) is 0 Å². The van der Waals surface area contributed by atoms with Crippen LogP contribution in [0.25, 0.3) is 0 Å². The summed E-state index contributed by atoms with van der Waals surface area (Å²) in [6, 6.07) is 0. The normalized spacial score (nSPS) is 33.4. The van der Waals surface area contributed by atoms with Crippen LogP contribution in [0.3, 0.4) is 0 Å². The lowest BCUT2D eigenvalue weighted by Gasteiger charge is -2.46. The van der Waals surface area contributed by atoms with Gasteiger partial charge in [-0.25, -0.2) is 0 Å². The third-order valence-corrected chi connectivity index (χ3v) is 2.87. The standard InChI is InChI=1S/C11H22NO4/c1-11(8-13)7-12(2,3)6-9(16-11)5-10(14)15-4/h9,13H,5-8H2,1-4H3/q+1/t9-,11-/m0/s1. The number of hydrogen-bond acceptors (Lipinski definition) is 4. The van der Waals surface area contributed by atoms with Crippen LogP contribution < -0.4 is 0 Å². The quantitative estimate of drug-likeness (QED) is 0.540. The third kappa shape index (κ3) is 3.43. The molecule has 0 aromatic rings. The second-order valence-corrected chi connectivity index (χ2v) is 5.40. The van der Waals surface area contributed by atoms with E-state index in [1.165, 1.54) is 7.11 Å². The molecule has 1 aliphatic heterocycles. The average molecular weight is 232 g/mol. The number of nitrogens with zero attached hydrogens (tertiary/aromatic N) is 1. The summed E-state index contributed by atoms with van der Waals surface area (Å²) in [5.41, 5.74) is -0.569. The van der Waals surface area contributed by atoms with Crippen LogP contribution >= 0.6 is 0 Å². The SMILES string of the molecule is COC(=O)C[C@H]1C[N+](C)(C)C[C@@](C)(CO)O1. The number of likely N-dealkylation sites (N-methyl/N-ethyl adjacent to an activating group) is 1. The Hall–Kier alpha value is -0.650. The molecule has 1 saturated heterocycles. The van der Waals surface area contributed by atoms with E-state index in [2.05, 4.69) is 18.8 Å². The summed E-state index contributed by atoms with van der Waals surface area (Å²) in [6.07, 6.45) is 0.0571. The summed E-state index contributed by atoms with van der Waals surface area (Å²) in [6.45, 7) is 3.33. The van der Waals surface area contributed by atoms with Crippen molar-refractivity contribution in [2.75, 3.05) is 40.9 Å². The highest BCUT2D eigenvalue weighted by molar-refractivity contribution is 5.69. The second-order valence-electron chi connectivity index (χ2n) is 5.40. The molecule has 5 heteroatoms. The number of hydrogen-bond donors (Lipinski definition) is 1. The lowest BCUT2D eigenvalue weighted by Crippen LogP contribution is -2.62. The molecule has 1 heterocycles. The summed E-state index contributed by atoms with van der Waals surface area (Å²) in [5.74, 6) is -0.271. The van der Waals surface area contributed by atoms with Crippen LogP contribution in [-0.2, 0) is 14.3 Å². The van der Waals surface area contributed by atoms with Gasteiger partial charge in [-0.2, -0.15) is 0 Å². The maximum atomic E-state index is 11.2. The van der Waals surface area contributed by atoms with Crippen LogP contribution in [0, 0.1) is 0 Å². The first-order chi connectivity index (χ1) is 7.30. The number of quaternary nitrogens is 1. The van der Waals surface area contributed by atoms with Crippen molar-refractivity contribution < 1.29 is 23.9 Å². The van der Waals surface area contributed by atoms with Crippen LogP contribution in [0.1, 0.15) is 13.3 Å². The minimum Gasteiger partial charge on any atom is -0.469 e. The van der Waals surface area contributed by atoms with E-state index in [0.717, 1.165) is 17.6 Å². The van der Waals surface area contributed by atoms with E-state index >= 15 is 0 Å². The van der Waals surface area contributed by atoms with Gasteiger partial charge in [-0.3, -0.25) is 4.79 Å². The Morgan fingerprint density at radius 2 is 2.25 bits per heavy atom. The number of rotatable bonds is 3. The summed E-state index contributed by atoms with van der Waals surface area (Å²) in [5, 5.41) is 9.34. The van der Waals surface area contributed by atoms with Crippen molar-refractivity contribution in [1.82, 2.24) is 0 Å². The van der Waals surface area contributed by atoms with Crippen molar-refractivity contribution in [3.05, 3.63) is 0 Å². The molecule has 0 bridgehead atoms. The van der Waals surface area contributed by atoms with Crippen LogP contribution in [0.2, 0.25) is 0 Å². The molecule has 0 aliphatic carbocycles. The van der Waals surface area contributed by atoms with Crippen LogP contribution in [0.15, 0.2) is 0 Å². The Kier molecular flexibility index (Phi) is 3.93. The van der Waals surface area contributed by atoms with Gasteiger partial charge in [-0.15, -0.1) is 0 Å². The van der Waals surface area contributed by atoms with Gasteiger partial charge >= 0.3 is 5.97 Å². The smallest absolute Gasteiger partial charge is 0.308 e. The number of ether oxygens (including phenoxy) is 2. The molecule has 0 radical (unpaired) electrons. The number of aliphatic hydroxyl groups is 1. The Balaban J connectivity index is 2.69. The van der Waals surface area contributed by atoms with Gasteiger partial charge in [0.15, 0.2) is 0 Å². The first kappa shape index (κ1) is 13.4. The summed E-state index contributed by atoms with van der Waals surface area (Å²) in [4.78, 5) is 11.2. The largest absolute Gasteiger partial charge is 0.469 e. The molecule has 1 N–H and O–H groups in total. The fourth-order valence-electron chi connectivity index (χ4n) is 2.46. The fraction of sp³-hybridized carbons (Fsp3) is 0.909. The van der Waals surface area contributed by atoms with Crippen molar-refractivity contribution in [2.24, 2.45) is 0 Å².